The van der Waals surface area contributed by atoms with Crippen LogP contribution in [0.4, 0.5) is 5.69 Å². The van der Waals surface area contributed by atoms with Gasteiger partial charge in [0.25, 0.3) is 0 Å². The Morgan fingerprint density at radius 3 is 2.93 bits per heavy atom. The number of nitro groups is 1. The lowest BCUT2D eigenvalue weighted by molar-refractivity contribution is -0.385. The number of rotatable bonds is 6. The number of hydrogen-bond donors (Lipinski definition) is 0. The summed E-state index contributed by atoms with van der Waals surface area (Å²) in [5.41, 5.74) is 3.60. The summed E-state index contributed by atoms with van der Waals surface area (Å²) >= 11 is 0. The molecule has 3 aromatic rings. The third-order valence-electron chi connectivity index (χ3n) is 4.98. The Bertz CT molecular complexity index is 1100. The quantitative estimate of drug-likeness (QED) is 0.356. The van der Waals surface area contributed by atoms with Crippen molar-refractivity contribution in [3.63, 3.8) is 0 Å². The number of carbonyl (C=O) groups excluding carboxylic acids is 1. The van der Waals surface area contributed by atoms with Gasteiger partial charge in [-0.05, 0) is 37.0 Å². The molecule has 1 aliphatic rings. The van der Waals surface area contributed by atoms with Crippen LogP contribution in [-0.2, 0) is 24.1 Å². The summed E-state index contributed by atoms with van der Waals surface area (Å²) in [6, 6.07) is 4.74. The molecule has 0 bridgehead atoms. The molecule has 0 amide bonds. The highest BCUT2D eigenvalue weighted by Gasteiger charge is 2.30. The Morgan fingerprint density at radius 2 is 2.21 bits per heavy atom. The second-order valence-electron chi connectivity index (χ2n) is 6.66. The summed E-state index contributed by atoms with van der Waals surface area (Å²) in [5.74, 6) is 0.401. The molecule has 0 atom stereocenters. The molecular formula is C20H19N3O6. The highest BCUT2D eigenvalue weighted by atomic mass is 16.6. The van der Waals surface area contributed by atoms with E-state index in [1.807, 2.05) is 6.20 Å². The van der Waals surface area contributed by atoms with E-state index in [1.165, 1.54) is 13.2 Å². The van der Waals surface area contributed by atoms with Crippen molar-refractivity contribution >= 4 is 11.7 Å². The molecule has 1 aromatic carbocycles. The Hall–Kier alpha value is -3.62. The SMILES string of the molecule is CCOC(=O)c1c2c(cn1Cc1ccc(OC)c([N+](=O)[O-])c1)-c1oncc1CC2. The maximum atomic E-state index is 12.7. The topological polar surface area (TPSA) is 110 Å². The van der Waals surface area contributed by atoms with Crippen molar-refractivity contribution in [2.45, 2.75) is 26.3 Å². The maximum Gasteiger partial charge on any atom is 0.355 e. The van der Waals surface area contributed by atoms with Crippen molar-refractivity contribution in [2.75, 3.05) is 13.7 Å². The van der Waals surface area contributed by atoms with Gasteiger partial charge in [-0.25, -0.2) is 4.79 Å². The van der Waals surface area contributed by atoms with Crippen LogP contribution >= 0.6 is 0 Å². The minimum atomic E-state index is -0.490. The monoisotopic (exact) mass is 397 g/mol. The zero-order valence-corrected chi connectivity index (χ0v) is 16.0. The number of hydrogen-bond acceptors (Lipinski definition) is 7. The van der Waals surface area contributed by atoms with E-state index in [9.17, 15) is 14.9 Å². The summed E-state index contributed by atoms with van der Waals surface area (Å²) in [6.07, 6.45) is 4.89. The Morgan fingerprint density at radius 1 is 1.38 bits per heavy atom. The summed E-state index contributed by atoms with van der Waals surface area (Å²) < 4.78 is 17.5. The van der Waals surface area contributed by atoms with Crippen molar-refractivity contribution in [3.8, 4) is 17.1 Å². The van der Waals surface area contributed by atoms with Crippen LogP contribution in [0.25, 0.3) is 11.3 Å². The third-order valence-corrected chi connectivity index (χ3v) is 4.98. The van der Waals surface area contributed by atoms with Gasteiger partial charge in [-0.1, -0.05) is 11.2 Å². The molecule has 0 spiro atoms. The Balaban J connectivity index is 1.79. The number of benzene rings is 1. The summed E-state index contributed by atoms with van der Waals surface area (Å²) in [5, 5.41) is 15.2. The second kappa shape index (κ2) is 7.42. The number of esters is 1. The molecule has 2 heterocycles. The predicted molar refractivity (Wildman–Crippen MR) is 102 cm³/mol. The van der Waals surface area contributed by atoms with Crippen LogP contribution in [0.2, 0.25) is 0 Å². The second-order valence-corrected chi connectivity index (χ2v) is 6.66. The first-order chi connectivity index (χ1) is 14.0. The molecule has 0 unspecified atom stereocenters. The van der Waals surface area contributed by atoms with Gasteiger partial charge in [0.15, 0.2) is 11.5 Å². The lowest BCUT2D eigenvalue weighted by Gasteiger charge is -2.13. The number of methoxy groups -OCH3 is 1. The van der Waals surface area contributed by atoms with Crippen LogP contribution in [0.3, 0.4) is 0 Å². The van der Waals surface area contributed by atoms with E-state index < -0.39 is 10.9 Å². The van der Waals surface area contributed by atoms with Crippen LogP contribution in [-0.4, -0.2) is 34.3 Å². The Kier molecular flexibility index (Phi) is 4.79. The van der Waals surface area contributed by atoms with Crippen molar-refractivity contribution in [1.29, 1.82) is 0 Å². The lowest BCUT2D eigenvalue weighted by atomic mass is 9.93. The van der Waals surface area contributed by atoms with Gasteiger partial charge in [0, 0.05) is 29.9 Å². The number of nitrogens with zero attached hydrogens (tertiary/aromatic N) is 3. The first kappa shape index (κ1) is 18.7. The van der Waals surface area contributed by atoms with Crippen molar-refractivity contribution in [2.24, 2.45) is 0 Å². The largest absolute Gasteiger partial charge is 0.490 e. The first-order valence-corrected chi connectivity index (χ1v) is 9.17. The van der Waals surface area contributed by atoms with E-state index in [1.54, 1.807) is 29.8 Å². The minimum absolute atomic E-state index is 0.128. The fourth-order valence-electron chi connectivity index (χ4n) is 3.71. The highest BCUT2D eigenvalue weighted by Crippen LogP contribution is 2.37. The van der Waals surface area contributed by atoms with Crippen LogP contribution in [0.15, 0.2) is 35.1 Å². The van der Waals surface area contributed by atoms with E-state index in [-0.39, 0.29) is 24.6 Å². The van der Waals surface area contributed by atoms with Gasteiger partial charge < -0.3 is 18.6 Å². The smallest absolute Gasteiger partial charge is 0.355 e. The fraction of sp³-hybridized carbons (Fsp3) is 0.300. The van der Waals surface area contributed by atoms with Crippen LogP contribution < -0.4 is 4.74 Å². The molecular weight excluding hydrogens is 378 g/mol. The standard InChI is InChI=1S/C20H19N3O6/c1-3-28-20(24)18-14-6-5-13-9-21-29-19(13)15(14)11-22(18)10-12-4-7-17(27-2)16(8-12)23(25)26/h4,7-9,11H,3,5-6,10H2,1-2H3. The molecule has 150 valence electrons. The van der Waals surface area contributed by atoms with Gasteiger partial charge in [-0.3, -0.25) is 10.1 Å². The number of fused-ring (bicyclic) bond motifs is 3. The van der Waals surface area contributed by atoms with Crippen LogP contribution in [0.5, 0.6) is 5.75 Å². The molecule has 9 heteroatoms. The summed E-state index contributed by atoms with van der Waals surface area (Å²) in [6.45, 7) is 2.26. The minimum Gasteiger partial charge on any atom is -0.490 e. The highest BCUT2D eigenvalue weighted by molar-refractivity contribution is 5.93. The Labute approximate surface area is 166 Å². The van der Waals surface area contributed by atoms with Crippen molar-refractivity contribution in [3.05, 3.63) is 63.1 Å². The summed E-state index contributed by atoms with van der Waals surface area (Å²) in [4.78, 5) is 23.5. The average molecular weight is 397 g/mol. The molecule has 1 aliphatic carbocycles. The molecule has 0 fully saturated rings. The number of aryl methyl sites for hydroxylation is 1. The van der Waals surface area contributed by atoms with E-state index in [2.05, 4.69) is 5.16 Å². The number of nitro benzene ring substituents is 1. The molecule has 2 aromatic heterocycles. The zero-order chi connectivity index (χ0) is 20.5. The molecule has 0 saturated carbocycles. The molecule has 0 radical (unpaired) electrons. The van der Waals surface area contributed by atoms with E-state index in [0.717, 1.165) is 23.1 Å². The number of aromatic nitrogens is 2. The molecule has 4 rings (SSSR count). The molecule has 0 N–H and O–H groups in total. The van der Waals surface area contributed by atoms with Crippen molar-refractivity contribution in [1.82, 2.24) is 9.72 Å². The molecule has 9 nitrogen and oxygen atoms in total. The van der Waals surface area contributed by atoms with Gasteiger partial charge in [0.05, 0.1) is 24.8 Å². The van der Waals surface area contributed by atoms with E-state index in [4.69, 9.17) is 14.0 Å². The van der Waals surface area contributed by atoms with Crippen LogP contribution in [0.1, 0.15) is 34.1 Å². The molecule has 29 heavy (non-hydrogen) atoms. The van der Waals surface area contributed by atoms with Gasteiger partial charge in [0.1, 0.15) is 5.69 Å². The van der Waals surface area contributed by atoms with Gasteiger partial charge in [-0.15, -0.1) is 0 Å². The fourth-order valence-corrected chi connectivity index (χ4v) is 3.71. The van der Waals surface area contributed by atoms with E-state index in [0.29, 0.717) is 23.4 Å². The van der Waals surface area contributed by atoms with Gasteiger partial charge >= 0.3 is 11.7 Å². The average Bonchev–Trinajstić information content (AvgIpc) is 3.31. The number of carbonyl (C=O) groups is 1. The van der Waals surface area contributed by atoms with Crippen molar-refractivity contribution < 1.29 is 23.7 Å². The van der Waals surface area contributed by atoms with Gasteiger partial charge in [-0.2, -0.15) is 0 Å². The zero-order valence-electron chi connectivity index (χ0n) is 16.0. The predicted octanol–water partition coefficient (Wildman–Crippen LogP) is 3.38. The normalized spacial score (nSPS) is 12.2. The lowest BCUT2D eigenvalue weighted by Crippen LogP contribution is -2.15. The van der Waals surface area contributed by atoms with Crippen LogP contribution in [0, 0.1) is 10.1 Å². The third kappa shape index (κ3) is 3.24. The molecule has 0 aliphatic heterocycles. The number of ether oxygens (including phenoxy) is 2. The van der Waals surface area contributed by atoms with Gasteiger partial charge in [0.2, 0.25) is 0 Å². The molecule has 0 saturated heterocycles. The van der Waals surface area contributed by atoms with E-state index >= 15 is 0 Å². The maximum absolute atomic E-state index is 12.7. The first-order valence-electron chi connectivity index (χ1n) is 9.17. The summed E-state index contributed by atoms with van der Waals surface area (Å²) in [7, 11) is 1.38.